The number of aliphatic hydroxyl groups excluding tert-OH is 1. The minimum atomic E-state index is -1.27. The van der Waals surface area contributed by atoms with Crippen LogP contribution in [0.15, 0.2) is 42.5 Å². The summed E-state index contributed by atoms with van der Waals surface area (Å²) in [5, 5.41) is 19.2. The van der Waals surface area contributed by atoms with E-state index in [1.165, 1.54) is 0 Å². The number of esters is 1. The van der Waals surface area contributed by atoms with Gasteiger partial charge in [0.2, 0.25) is 11.8 Å². The lowest BCUT2D eigenvalue weighted by molar-refractivity contribution is -0.130. The normalized spacial score (nSPS) is 24.7. The fourth-order valence-electron chi connectivity index (χ4n) is 4.56. The van der Waals surface area contributed by atoms with Gasteiger partial charge in [-0.15, -0.1) is 0 Å². The second-order valence-corrected chi connectivity index (χ2v) is 8.38. The fraction of sp³-hybridized carbons (Fsp3) is 0.375. The summed E-state index contributed by atoms with van der Waals surface area (Å²) in [5.74, 6) is -1.82. The van der Waals surface area contributed by atoms with Crippen molar-refractivity contribution in [1.29, 1.82) is 0 Å². The molecule has 2 aromatic carbocycles. The van der Waals surface area contributed by atoms with Crippen LogP contribution >= 0.6 is 0 Å². The third-order valence-corrected chi connectivity index (χ3v) is 6.19. The van der Waals surface area contributed by atoms with E-state index in [1.54, 1.807) is 38.1 Å². The SMILES string of the molecule is CCOC(=O)c1ccc(NC(=O)[C@H]2C[C@H]([C@H](C)O)N[C@]23C(=O)Nc2ccc(C)cc23)cc1. The molecule has 2 amide bonds. The number of carbonyl (C=O) groups excluding carboxylic acids is 3. The molecule has 0 saturated carbocycles. The molecule has 32 heavy (non-hydrogen) atoms. The second-order valence-electron chi connectivity index (χ2n) is 8.38. The van der Waals surface area contributed by atoms with Gasteiger partial charge in [0.05, 0.1) is 24.2 Å². The summed E-state index contributed by atoms with van der Waals surface area (Å²) in [6.07, 6.45) is -0.444. The maximum absolute atomic E-state index is 13.4. The zero-order valence-corrected chi connectivity index (χ0v) is 18.3. The zero-order chi connectivity index (χ0) is 23.0. The summed E-state index contributed by atoms with van der Waals surface area (Å²) >= 11 is 0. The Morgan fingerprint density at radius 1 is 1.25 bits per heavy atom. The highest BCUT2D eigenvalue weighted by molar-refractivity contribution is 6.10. The zero-order valence-electron chi connectivity index (χ0n) is 18.3. The summed E-state index contributed by atoms with van der Waals surface area (Å²) in [4.78, 5) is 38.4. The van der Waals surface area contributed by atoms with Crippen molar-refractivity contribution < 1.29 is 24.2 Å². The molecule has 0 bridgehead atoms. The average molecular weight is 437 g/mol. The van der Waals surface area contributed by atoms with Crippen LogP contribution < -0.4 is 16.0 Å². The molecule has 8 nitrogen and oxygen atoms in total. The molecule has 0 radical (unpaired) electrons. The second kappa shape index (κ2) is 8.37. The number of rotatable bonds is 5. The Balaban J connectivity index is 1.64. The number of benzene rings is 2. The number of nitrogens with one attached hydrogen (secondary N) is 3. The van der Waals surface area contributed by atoms with E-state index in [0.717, 1.165) is 5.56 Å². The first-order valence-electron chi connectivity index (χ1n) is 10.7. The Morgan fingerprint density at radius 2 is 1.97 bits per heavy atom. The van der Waals surface area contributed by atoms with Crippen LogP contribution in [-0.2, 0) is 19.9 Å². The van der Waals surface area contributed by atoms with Crippen LogP contribution in [0.3, 0.4) is 0 Å². The van der Waals surface area contributed by atoms with Crippen LogP contribution in [-0.4, -0.2) is 41.6 Å². The van der Waals surface area contributed by atoms with Gasteiger partial charge in [0.15, 0.2) is 0 Å². The van der Waals surface area contributed by atoms with Crippen molar-refractivity contribution in [2.45, 2.75) is 44.9 Å². The summed E-state index contributed by atoms with van der Waals surface area (Å²) < 4.78 is 4.98. The number of hydrogen-bond acceptors (Lipinski definition) is 6. The van der Waals surface area contributed by atoms with Crippen molar-refractivity contribution in [3.05, 3.63) is 59.2 Å². The molecule has 4 rings (SSSR count). The highest BCUT2D eigenvalue weighted by Gasteiger charge is 2.60. The number of amides is 2. The molecule has 0 unspecified atom stereocenters. The predicted molar refractivity (Wildman–Crippen MR) is 119 cm³/mol. The number of aliphatic hydroxyl groups is 1. The van der Waals surface area contributed by atoms with Gasteiger partial charge < -0.3 is 20.5 Å². The van der Waals surface area contributed by atoms with Gasteiger partial charge in [-0.25, -0.2) is 4.79 Å². The highest BCUT2D eigenvalue weighted by Crippen LogP contribution is 2.48. The quantitative estimate of drug-likeness (QED) is 0.534. The lowest BCUT2D eigenvalue weighted by Crippen LogP contribution is -2.53. The predicted octanol–water partition coefficient (Wildman–Crippen LogP) is 2.32. The average Bonchev–Trinajstić information content (AvgIpc) is 3.29. The van der Waals surface area contributed by atoms with Gasteiger partial charge in [-0.3, -0.25) is 14.9 Å². The van der Waals surface area contributed by atoms with Gasteiger partial charge in [0.1, 0.15) is 5.54 Å². The monoisotopic (exact) mass is 437 g/mol. The lowest BCUT2D eigenvalue weighted by Gasteiger charge is -2.29. The van der Waals surface area contributed by atoms with Crippen molar-refractivity contribution in [3.8, 4) is 0 Å². The number of aryl methyl sites for hydroxylation is 1. The van der Waals surface area contributed by atoms with Crippen molar-refractivity contribution in [1.82, 2.24) is 5.32 Å². The molecular weight excluding hydrogens is 410 g/mol. The molecule has 2 aliphatic heterocycles. The van der Waals surface area contributed by atoms with Crippen molar-refractivity contribution >= 4 is 29.2 Å². The number of ether oxygens (including phenoxy) is 1. The minimum absolute atomic E-state index is 0.279. The first-order valence-corrected chi connectivity index (χ1v) is 10.7. The first kappa shape index (κ1) is 22.0. The van der Waals surface area contributed by atoms with Crippen LogP contribution in [0.1, 0.15) is 41.8 Å². The van der Waals surface area contributed by atoms with E-state index in [-0.39, 0.29) is 18.4 Å². The molecule has 2 heterocycles. The first-order chi connectivity index (χ1) is 15.3. The summed E-state index contributed by atoms with van der Waals surface area (Å²) in [6, 6.07) is 11.6. The molecular formula is C24H27N3O5. The van der Waals surface area contributed by atoms with E-state index >= 15 is 0 Å². The number of hydrogen-bond donors (Lipinski definition) is 4. The molecule has 1 fully saturated rings. The van der Waals surface area contributed by atoms with Crippen LogP contribution in [0.2, 0.25) is 0 Å². The van der Waals surface area contributed by atoms with Crippen molar-refractivity contribution in [3.63, 3.8) is 0 Å². The van der Waals surface area contributed by atoms with Crippen molar-refractivity contribution in [2.75, 3.05) is 17.2 Å². The Morgan fingerprint density at radius 3 is 2.62 bits per heavy atom. The number of anilines is 2. The van der Waals surface area contributed by atoms with E-state index in [1.807, 2.05) is 25.1 Å². The smallest absolute Gasteiger partial charge is 0.338 e. The number of carbonyl (C=O) groups is 3. The molecule has 168 valence electrons. The Hall–Kier alpha value is -3.23. The molecule has 1 saturated heterocycles. The Kier molecular flexibility index (Phi) is 5.75. The van der Waals surface area contributed by atoms with E-state index in [0.29, 0.717) is 28.9 Å². The standard InChI is InChI=1S/C24H27N3O5/c1-4-32-22(30)15-6-8-16(9-7-15)25-21(29)18-12-20(14(3)28)27-24(18)17-11-13(2)5-10-19(17)26-23(24)31/h5-11,14,18,20,27-28H,4,12H2,1-3H3,(H,25,29)(H,26,31)/t14-,18+,20+,24-/m0/s1. The van der Waals surface area contributed by atoms with Crippen LogP contribution in [0.25, 0.3) is 0 Å². The van der Waals surface area contributed by atoms with E-state index < -0.39 is 29.6 Å². The van der Waals surface area contributed by atoms with Gasteiger partial charge in [0, 0.05) is 23.0 Å². The van der Waals surface area contributed by atoms with E-state index in [4.69, 9.17) is 4.74 Å². The maximum Gasteiger partial charge on any atom is 0.338 e. The molecule has 2 aliphatic rings. The van der Waals surface area contributed by atoms with Gasteiger partial charge in [-0.2, -0.15) is 0 Å². The van der Waals surface area contributed by atoms with Crippen LogP contribution in [0.5, 0.6) is 0 Å². The molecule has 4 N–H and O–H groups in total. The van der Waals surface area contributed by atoms with Crippen LogP contribution in [0.4, 0.5) is 11.4 Å². The summed E-state index contributed by atoms with van der Waals surface area (Å²) in [5.41, 5.74) is 1.96. The molecule has 0 aliphatic carbocycles. The molecule has 4 atom stereocenters. The molecule has 2 aromatic rings. The molecule has 8 heteroatoms. The fourth-order valence-corrected chi connectivity index (χ4v) is 4.56. The summed E-state index contributed by atoms with van der Waals surface area (Å²) in [6.45, 7) is 5.58. The molecule has 0 aromatic heterocycles. The largest absolute Gasteiger partial charge is 0.462 e. The van der Waals surface area contributed by atoms with E-state index in [9.17, 15) is 19.5 Å². The Bertz CT molecular complexity index is 1070. The Labute approximate surface area is 186 Å². The topological polar surface area (TPSA) is 117 Å². The molecule has 1 spiro atoms. The van der Waals surface area contributed by atoms with E-state index in [2.05, 4.69) is 16.0 Å². The third kappa shape index (κ3) is 3.65. The lowest BCUT2D eigenvalue weighted by atomic mass is 9.79. The van der Waals surface area contributed by atoms with Gasteiger partial charge in [-0.1, -0.05) is 17.7 Å². The van der Waals surface area contributed by atoms with Gasteiger partial charge >= 0.3 is 5.97 Å². The minimum Gasteiger partial charge on any atom is -0.462 e. The highest BCUT2D eigenvalue weighted by atomic mass is 16.5. The number of fused-ring (bicyclic) bond motifs is 2. The maximum atomic E-state index is 13.4. The van der Waals surface area contributed by atoms with Crippen LogP contribution in [0, 0.1) is 12.8 Å². The van der Waals surface area contributed by atoms with Gasteiger partial charge in [0.25, 0.3) is 0 Å². The third-order valence-electron chi connectivity index (χ3n) is 6.19. The summed E-state index contributed by atoms with van der Waals surface area (Å²) in [7, 11) is 0. The van der Waals surface area contributed by atoms with Gasteiger partial charge in [-0.05, 0) is 57.5 Å². The van der Waals surface area contributed by atoms with Crippen molar-refractivity contribution in [2.24, 2.45) is 5.92 Å².